The number of nitrogens with zero attached hydrogens (tertiary/aromatic N) is 1. The number of benzene rings is 2. The Bertz CT molecular complexity index is 661. The molecule has 0 bridgehead atoms. The van der Waals surface area contributed by atoms with Crippen LogP contribution in [0.5, 0.6) is 0 Å². The van der Waals surface area contributed by atoms with Crippen molar-refractivity contribution in [2.24, 2.45) is 0 Å². The lowest BCUT2D eigenvalue weighted by molar-refractivity contribution is 0.220. The summed E-state index contributed by atoms with van der Waals surface area (Å²) in [6.07, 6.45) is 0. The number of para-hydroxylation sites is 1. The predicted molar refractivity (Wildman–Crippen MR) is 87.8 cm³/mol. The monoisotopic (exact) mass is 323 g/mol. The van der Waals surface area contributed by atoms with E-state index in [9.17, 15) is 4.79 Å². The van der Waals surface area contributed by atoms with Crippen molar-refractivity contribution in [1.29, 1.82) is 0 Å². The summed E-state index contributed by atoms with van der Waals surface area (Å²) >= 11 is 12.1. The largest absolute Gasteiger partial charge is 0.399 e. The first-order chi connectivity index (χ1) is 9.97. The molecule has 4 nitrogen and oxygen atoms in total. The average Bonchev–Trinajstić information content (AvgIpc) is 2.45. The van der Waals surface area contributed by atoms with E-state index < -0.39 is 0 Å². The number of amides is 2. The predicted octanol–water partition coefficient (Wildman–Crippen LogP) is 4.24. The van der Waals surface area contributed by atoms with Crippen LogP contribution in [0.15, 0.2) is 42.5 Å². The van der Waals surface area contributed by atoms with Gasteiger partial charge >= 0.3 is 6.03 Å². The number of hydrogen-bond acceptors (Lipinski definition) is 2. The third kappa shape index (κ3) is 4.03. The number of nitrogens with one attached hydrogen (secondary N) is 1. The van der Waals surface area contributed by atoms with Gasteiger partial charge in [0.25, 0.3) is 0 Å². The van der Waals surface area contributed by atoms with E-state index in [1.807, 2.05) is 0 Å². The Morgan fingerprint density at radius 3 is 2.62 bits per heavy atom. The maximum Gasteiger partial charge on any atom is 0.321 e. The molecule has 0 radical (unpaired) electrons. The zero-order valence-electron chi connectivity index (χ0n) is 11.4. The summed E-state index contributed by atoms with van der Waals surface area (Å²) in [5.41, 5.74) is 7.68. The molecule has 0 aliphatic carbocycles. The fraction of sp³-hybridized carbons (Fsp3) is 0.133. The van der Waals surface area contributed by atoms with Crippen LogP contribution in [-0.2, 0) is 6.54 Å². The molecule has 0 saturated heterocycles. The Labute approximate surface area is 133 Å². The molecule has 0 aliphatic rings. The van der Waals surface area contributed by atoms with Crippen molar-refractivity contribution in [3.8, 4) is 0 Å². The van der Waals surface area contributed by atoms with Gasteiger partial charge in [0.05, 0.1) is 10.7 Å². The van der Waals surface area contributed by atoms with Crippen LogP contribution in [0.3, 0.4) is 0 Å². The number of urea groups is 1. The number of rotatable bonds is 3. The molecule has 0 spiro atoms. The summed E-state index contributed by atoms with van der Waals surface area (Å²) in [6.45, 7) is 0.347. The van der Waals surface area contributed by atoms with Crippen LogP contribution in [0, 0.1) is 0 Å². The van der Waals surface area contributed by atoms with E-state index in [4.69, 9.17) is 28.9 Å². The average molecular weight is 324 g/mol. The molecule has 6 heteroatoms. The fourth-order valence-electron chi connectivity index (χ4n) is 1.82. The Balaban J connectivity index is 2.06. The van der Waals surface area contributed by atoms with Crippen LogP contribution in [-0.4, -0.2) is 18.0 Å². The smallest absolute Gasteiger partial charge is 0.321 e. The zero-order valence-corrected chi connectivity index (χ0v) is 12.9. The number of hydrogen-bond donors (Lipinski definition) is 2. The van der Waals surface area contributed by atoms with Crippen LogP contribution in [0.2, 0.25) is 10.0 Å². The topological polar surface area (TPSA) is 58.4 Å². The third-order valence-electron chi connectivity index (χ3n) is 2.94. The maximum atomic E-state index is 12.1. The minimum atomic E-state index is -0.276. The molecule has 2 amide bonds. The number of carbonyl (C=O) groups excluding carboxylic acids is 1. The summed E-state index contributed by atoms with van der Waals surface area (Å²) in [5, 5.41) is 3.80. The van der Waals surface area contributed by atoms with Crippen molar-refractivity contribution in [2.75, 3.05) is 18.1 Å². The third-order valence-corrected chi connectivity index (χ3v) is 3.64. The molecule has 0 aliphatic heterocycles. The van der Waals surface area contributed by atoms with Gasteiger partial charge < -0.3 is 16.0 Å². The van der Waals surface area contributed by atoms with Gasteiger partial charge in [0.15, 0.2) is 0 Å². The van der Waals surface area contributed by atoms with Gasteiger partial charge in [-0.05, 0) is 35.9 Å². The highest BCUT2D eigenvalue weighted by molar-refractivity contribution is 6.33. The van der Waals surface area contributed by atoms with Gasteiger partial charge in [-0.1, -0.05) is 35.3 Å². The molecule has 3 N–H and O–H groups in total. The minimum absolute atomic E-state index is 0.276. The van der Waals surface area contributed by atoms with E-state index >= 15 is 0 Å². The van der Waals surface area contributed by atoms with Gasteiger partial charge in [0.1, 0.15) is 0 Å². The molecule has 0 aromatic heterocycles. The van der Waals surface area contributed by atoms with Crippen molar-refractivity contribution >= 4 is 40.6 Å². The second-order valence-corrected chi connectivity index (χ2v) is 5.43. The van der Waals surface area contributed by atoms with Crippen molar-refractivity contribution < 1.29 is 4.79 Å². The molecule has 110 valence electrons. The molecule has 0 heterocycles. The summed E-state index contributed by atoms with van der Waals surface area (Å²) in [5.74, 6) is 0. The number of halogens is 2. The first-order valence-corrected chi connectivity index (χ1v) is 7.03. The van der Waals surface area contributed by atoms with Crippen LogP contribution in [0.25, 0.3) is 0 Å². The van der Waals surface area contributed by atoms with Crippen LogP contribution < -0.4 is 11.1 Å². The Hall–Kier alpha value is -1.91. The first kappa shape index (κ1) is 15.5. The van der Waals surface area contributed by atoms with E-state index in [0.717, 1.165) is 5.56 Å². The first-order valence-electron chi connectivity index (χ1n) is 6.28. The van der Waals surface area contributed by atoms with Crippen LogP contribution >= 0.6 is 23.2 Å². The highest BCUT2D eigenvalue weighted by Crippen LogP contribution is 2.22. The fourth-order valence-corrected chi connectivity index (χ4v) is 2.18. The Morgan fingerprint density at radius 1 is 1.19 bits per heavy atom. The minimum Gasteiger partial charge on any atom is -0.399 e. The lowest BCUT2D eigenvalue weighted by Gasteiger charge is -2.19. The quantitative estimate of drug-likeness (QED) is 0.830. The molecule has 0 saturated carbocycles. The molecule has 2 aromatic carbocycles. The lowest BCUT2D eigenvalue weighted by atomic mass is 10.2. The van der Waals surface area contributed by atoms with Gasteiger partial charge in [-0.2, -0.15) is 0 Å². The molecular weight excluding hydrogens is 309 g/mol. The second kappa shape index (κ2) is 6.70. The number of nitrogens with two attached hydrogens (primary N) is 1. The molecular formula is C15H15Cl2N3O. The van der Waals surface area contributed by atoms with Crippen molar-refractivity contribution in [3.05, 3.63) is 58.1 Å². The van der Waals surface area contributed by atoms with Gasteiger partial charge in [0.2, 0.25) is 0 Å². The lowest BCUT2D eigenvalue weighted by Crippen LogP contribution is -2.31. The number of carbonyl (C=O) groups is 1. The van der Waals surface area contributed by atoms with Crippen LogP contribution in [0.1, 0.15) is 5.56 Å². The molecule has 0 unspecified atom stereocenters. The molecule has 2 aromatic rings. The van der Waals surface area contributed by atoms with Crippen molar-refractivity contribution in [3.63, 3.8) is 0 Å². The van der Waals surface area contributed by atoms with E-state index in [1.165, 1.54) is 4.90 Å². The summed E-state index contributed by atoms with van der Waals surface area (Å²) < 4.78 is 0. The van der Waals surface area contributed by atoms with Gasteiger partial charge in [-0.25, -0.2) is 4.79 Å². The number of anilines is 2. The molecule has 2 rings (SSSR count). The second-order valence-electron chi connectivity index (χ2n) is 4.62. The summed E-state index contributed by atoms with van der Waals surface area (Å²) in [4.78, 5) is 13.7. The molecule has 0 fully saturated rings. The van der Waals surface area contributed by atoms with Gasteiger partial charge in [-0.3, -0.25) is 0 Å². The van der Waals surface area contributed by atoms with Gasteiger partial charge in [0, 0.05) is 24.3 Å². The zero-order chi connectivity index (χ0) is 15.4. The molecule has 0 atom stereocenters. The normalized spacial score (nSPS) is 10.2. The van der Waals surface area contributed by atoms with Crippen LogP contribution in [0.4, 0.5) is 16.2 Å². The molecule has 21 heavy (non-hydrogen) atoms. The van der Waals surface area contributed by atoms with E-state index in [1.54, 1.807) is 49.5 Å². The highest BCUT2D eigenvalue weighted by Gasteiger charge is 2.12. The summed E-state index contributed by atoms with van der Waals surface area (Å²) in [6, 6.07) is 12.0. The van der Waals surface area contributed by atoms with Gasteiger partial charge in [-0.15, -0.1) is 0 Å². The Morgan fingerprint density at radius 2 is 1.90 bits per heavy atom. The Kier molecular flexibility index (Phi) is 4.94. The van der Waals surface area contributed by atoms with E-state index in [2.05, 4.69) is 5.32 Å². The van der Waals surface area contributed by atoms with Crippen molar-refractivity contribution in [1.82, 2.24) is 4.90 Å². The standard InChI is InChI=1S/C15H15Cl2N3O/c1-20(9-10-8-11(18)6-7-12(10)16)15(21)19-14-5-3-2-4-13(14)17/h2-8H,9,18H2,1H3,(H,19,21). The highest BCUT2D eigenvalue weighted by atomic mass is 35.5. The maximum absolute atomic E-state index is 12.1. The van der Waals surface area contributed by atoms with E-state index in [-0.39, 0.29) is 6.03 Å². The SMILES string of the molecule is CN(Cc1cc(N)ccc1Cl)C(=O)Nc1ccccc1Cl. The van der Waals surface area contributed by atoms with E-state index in [0.29, 0.717) is 28.0 Å². The van der Waals surface area contributed by atoms with Crippen molar-refractivity contribution in [2.45, 2.75) is 6.54 Å². The number of nitrogen functional groups attached to an aromatic ring is 1. The summed E-state index contributed by atoms with van der Waals surface area (Å²) in [7, 11) is 1.67.